The van der Waals surface area contributed by atoms with Gasteiger partial charge in [-0.05, 0) is 30.0 Å². The first-order valence-corrected chi connectivity index (χ1v) is 9.16. The molecular weight excluding hydrogens is 386 g/mol. The molecule has 0 aliphatic rings. The first-order chi connectivity index (χ1) is 13.2. The molecule has 0 amide bonds. The van der Waals surface area contributed by atoms with Crippen LogP contribution >= 0.6 is 23.4 Å². The molecule has 0 aliphatic carbocycles. The van der Waals surface area contributed by atoms with Crippen molar-refractivity contribution >= 4 is 29.1 Å². The first-order valence-electron chi connectivity index (χ1n) is 7.90. The Labute approximate surface area is 163 Å². The molecule has 2 heterocycles. The number of Topliss-reactive ketones (excluding diaryl/α,β-unsaturated/α-hetero) is 1. The van der Waals surface area contributed by atoms with Crippen LogP contribution in [0.3, 0.4) is 0 Å². The normalized spacial score (nSPS) is 12.0. The Kier molecular flexibility index (Phi) is 4.99. The second-order valence-electron chi connectivity index (χ2n) is 5.46. The molecule has 0 unspecified atom stereocenters. The van der Waals surface area contributed by atoms with Crippen LogP contribution in [-0.4, -0.2) is 30.7 Å². The van der Waals surface area contributed by atoms with Gasteiger partial charge in [-0.1, -0.05) is 48.0 Å². The maximum atomic E-state index is 13.0. The van der Waals surface area contributed by atoms with Crippen LogP contribution in [-0.2, 0) is 0 Å². The molecule has 1 atom stereocenters. The lowest BCUT2D eigenvalue weighted by atomic mass is 10.1. The van der Waals surface area contributed by atoms with Gasteiger partial charge in [0.15, 0.2) is 11.2 Å². The lowest BCUT2D eigenvalue weighted by molar-refractivity contribution is 0.0962. The van der Waals surface area contributed by atoms with Gasteiger partial charge in [0.25, 0.3) is 5.22 Å². The fourth-order valence-electron chi connectivity index (χ4n) is 2.40. The van der Waals surface area contributed by atoms with E-state index < -0.39 is 5.37 Å². The molecule has 2 aromatic heterocycles. The van der Waals surface area contributed by atoms with E-state index in [9.17, 15) is 4.79 Å². The van der Waals surface area contributed by atoms with Crippen LogP contribution in [0.25, 0.3) is 11.5 Å². The highest BCUT2D eigenvalue weighted by Gasteiger charge is 2.26. The molecule has 0 radical (unpaired) electrons. The molecule has 0 fully saturated rings. The fraction of sp³-hybridized carbons (Fsp3) is 0.0556. The highest BCUT2D eigenvalue weighted by atomic mass is 35.5. The third kappa shape index (κ3) is 3.91. The van der Waals surface area contributed by atoms with Gasteiger partial charge in [0, 0.05) is 16.1 Å². The van der Waals surface area contributed by atoms with Crippen LogP contribution in [0.5, 0.6) is 0 Å². The Morgan fingerprint density at radius 1 is 1.11 bits per heavy atom. The minimum atomic E-state index is -0.720. The van der Waals surface area contributed by atoms with E-state index in [0.717, 1.165) is 11.8 Å². The Balaban J connectivity index is 1.62. The van der Waals surface area contributed by atoms with Gasteiger partial charge in [-0.3, -0.25) is 4.79 Å². The number of carbonyl (C=O) groups is 1. The molecule has 0 aliphatic heterocycles. The zero-order valence-electron chi connectivity index (χ0n) is 13.8. The van der Waals surface area contributed by atoms with Gasteiger partial charge in [-0.15, -0.1) is 10.2 Å². The van der Waals surface area contributed by atoms with E-state index in [1.807, 2.05) is 12.1 Å². The summed E-state index contributed by atoms with van der Waals surface area (Å²) in [6.45, 7) is 0. The average molecular weight is 398 g/mol. The number of hydrogen-bond donors (Lipinski definition) is 0. The summed E-state index contributed by atoms with van der Waals surface area (Å²) < 4.78 is 7.17. The summed E-state index contributed by atoms with van der Waals surface area (Å²) in [4.78, 5) is 16.9. The minimum Gasteiger partial charge on any atom is -0.411 e. The van der Waals surface area contributed by atoms with Crippen LogP contribution in [0.15, 0.2) is 76.9 Å². The van der Waals surface area contributed by atoms with E-state index in [2.05, 4.69) is 20.3 Å². The van der Waals surface area contributed by atoms with E-state index in [1.54, 1.807) is 42.5 Å². The van der Waals surface area contributed by atoms with Crippen molar-refractivity contribution in [3.8, 4) is 11.5 Å². The van der Waals surface area contributed by atoms with Crippen molar-refractivity contribution < 1.29 is 9.21 Å². The van der Waals surface area contributed by atoms with Gasteiger partial charge in [-0.25, -0.2) is 9.67 Å². The molecule has 0 N–H and O–H groups in total. The van der Waals surface area contributed by atoms with E-state index >= 15 is 0 Å². The largest absolute Gasteiger partial charge is 0.411 e. The maximum absolute atomic E-state index is 13.0. The Hall–Kier alpha value is -2.97. The molecule has 0 bridgehead atoms. The number of aromatic nitrogens is 5. The van der Waals surface area contributed by atoms with Gasteiger partial charge >= 0.3 is 0 Å². The van der Waals surface area contributed by atoms with Gasteiger partial charge in [0.1, 0.15) is 12.7 Å². The number of ketones is 1. The average Bonchev–Trinajstić information content (AvgIpc) is 3.38. The zero-order chi connectivity index (χ0) is 18.6. The number of thioether (sulfide) groups is 1. The van der Waals surface area contributed by atoms with Gasteiger partial charge in [-0.2, -0.15) is 5.10 Å². The van der Waals surface area contributed by atoms with Crippen molar-refractivity contribution in [2.45, 2.75) is 10.6 Å². The zero-order valence-corrected chi connectivity index (χ0v) is 15.3. The standard InChI is InChI=1S/C18H12ClN5O2S/c19-14-8-4-7-13(9-14)16-22-23-18(26-16)27-17(24-11-20-10-21-24)15(25)12-5-2-1-3-6-12/h1-11,17H/t17-/m1/s1. The minimum absolute atomic E-state index is 0.145. The van der Waals surface area contributed by atoms with E-state index in [1.165, 1.54) is 17.3 Å². The molecular formula is C18H12ClN5O2S. The van der Waals surface area contributed by atoms with Crippen molar-refractivity contribution in [2.24, 2.45) is 0 Å². The summed E-state index contributed by atoms with van der Waals surface area (Å²) in [5.41, 5.74) is 1.26. The lowest BCUT2D eigenvalue weighted by Gasteiger charge is -2.13. The highest BCUT2D eigenvalue weighted by molar-refractivity contribution is 7.99. The number of hydrogen-bond acceptors (Lipinski definition) is 7. The predicted molar refractivity (Wildman–Crippen MR) is 100 cm³/mol. The van der Waals surface area contributed by atoms with Gasteiger partial charge < -0.3 is 4.42 Å². The fourth-order valence-corrected chi connectivity index (χ4v) is 3.46. The lowest BCUT2D eigenvalue weighted by Crippen LogP contribution is -2.17. The predicted octanol–water partition coefficient (Wildman–Crippen LogP) is 4.16. The molecule has 0 saturated carbocycles. The highest BCUT2D eigenvalue weighted by Crippen LogP contribution is 2.34. The maximum Gasteiger partial charge on any atom is 0.279 e. The van der Waals surface area contributed by atoms with Crippen molar-refractivity contribution in [3.63, 3.8) is 0 Å². The molecule has 0 saturated heterocycles. The van der Waals surface area contributed by atoms with Crippen LogP contribution < -0.4 is 0 Å². The number of nitrogens with zero attached hydrogens (tertiary/aromatic N) is 5. The van der Waals surface area contributed by atoms with Crippen LogP contribution in [0, 0.1) is 0 Å². The van der Waals surface area contributed by atoms with Crippen molar-refractivity contribution in [1.29, 1.82) is 0 Å². The Bertz CT molecular complexity index is 1050. The number of halogens is 1. The molecule has 4 aromatic rings. The number of carbonyl (C=O) groups excluding carboxylic acids is 1. The van der Waals surface area contributed by atoms with Crippen LogP contribution in [0.4, 0.5) is 0 Å². The summed E-state index contributed by atoms with van der Waals surface area (Å²) in [7, 11) is 0. The molecule has 2 aromatic carbocycles. The van der Waals surface area contributed by atoms with E-state index in [0.29, 0.717) is 22.0 Å². The molecule has 134 valence electrons. The molecule has 27 heavy (non-hydrogen) atoms. The van der Waals surface area contributed by atoms with Crippen molar-refractivity contribution in [2.75, 3.05) is 0 Å². The summed E-state index contributed by atoms with van der Waals surface area (Å²) >= 11 is 7.11. The van der Waals surface area contributed by atoms with E-state index in [-0.39, 0.29) is 11.0 Å². The Morgan fingerprint density at radius 2 is 1.96 bits per heavy atom. The topological polar surface area (TPSA) is 86.7 Å². The molecule has 7 nitrogen and oxygen atoms in total. The molecule has 4 rings (SSSR count). The SMILES string of the molecule is O=C(c1ccccc1)[C@@H](Sc1nnc(-c2cccc(Cl)c2)o1)n1cncn1. The second-order valence-corrected chi connectivity index (χ2v) is 6.93. The third-order valence-corrected chi connectivity index (χ3v) is 4.91. The number of rotatable bonds is 6. The Morgan fingerprint density at radius 3 is 2.70 bits per heavy atom. The third-order valence-electron chi connectivity index (χ3n) is 3.65. The van der Waals surface area contributed by atoms with Crippen molar-refractivity contribution in [3.05, 3.63) is 77.8 Å². The summed E-state index contributed by atoms with van der Waals surface area (Å²) in [5.74, 6) is 0.179. The van der Waals surface area contributed by atoms with Gasteiger partial charge in [0.2, 0.25) is 5.89 Å². The van der Waals surface area contributed by atoms with E-state index in [4.69, 9.17) is 16.0 Å². The van der Waals surface area contributed by atoms with Crippen molar-refractivity contribution in [1.82, 2.24) is 25.0 Å². The summed E-state index contributed by atoms with van der Waals surface area (Å²) in [5, 5.41) is 12.3. The monoisotopic (exact) mass is 397 g/mol. The summed E-state index contributed by atoms with van der Waals surface area (Å²) in [6, 6.07) is 16.1. The smallest absolute Gasteiger partial charge is 0.279 e. The summed E-state index contributed by atoms with van der Waals surface area (Å²) in [6.07, 6.45) is 2.85. The molecule has 9 heteroatoms. The second kappa shape index (κ2) is 7.73. The molecule has 0 spiro atoms. The van der Waals surface area contributed by atoms with Crippen LogP contribution in [0.1, 0.15) is 15.7 Å². The number of benzene rings is 2. The van der Waals surface area contributed by atoms with Gasteiger partial charge in [0.05, 0.1) is 0 Å². The first kappa shape index (κ1) is 17.4. The quantitative estimate of drug-likeness (QED) is 0.356. The van der Waals surface area contributed by atoms with Crippen LogP contribution in [0.2, 0.25) is 5.02 Å².